The molecule has 0 saturated carbocycles. The van der Waals surface area contributed by atoms with Gasteiger partial charge in [0.05, 0.1) is 21.6 Å². The van der Waals surface area contributed by atoms with Crippen LogP contribution in [0.2, 0.25) is 5.02 Å². The minimum Gasteiger partial charge on any atom is -0.392 e. The summed E-state index contributed by atoms with van der Waals surface area (Å²) >= 11 is 11.2. The van der Waals surface area contributed by atoms with E-state index in [-0.39, 0.29) is 11.9 Å². The quantitative estimate of drug-likeness (QED) is 0.862. The molecule has 1 aliphatic heterocycles. The topological polar surface area (TPSA) is 49.6 Å². The van der Waals surface area contributed by atoms with Gasteiger partial charge in [-0.15, -0.1) is 0 Å². The Balaban J connectivity index is 2.00. The van der Waals surface area contributed by atoms with E-state index in [1.165, 1.54) is 0 Å². The fraction of sp³-hybridized carbons (Fsp3) is 0.467. The van der Waals surface area contributed by atoms with Gasteiger partial charge in [0.2, 0.25) is 0 Å². The molecule has 4 nitrogen and oxygen atoms in total. The van der Waals surface area contributed by atoms with Crippen LogP contribution in [0.3, 0.4) is 0 Å². The Morgan fingerprint density at radius 3 is 2.48 bits per heavy atom. The van der Waals surface area contributed by atoms with Crippen molar-refractivity contribution < 1.29 is 4.79 Å². The van der Waals surface area contributed by atoms with Crippen molar-refractivity contribution in [2.45, 2.75) is 19.4 Å². The fourth-order valence-electron chi connectivity index (χ4n) is 2.68. The van der Waals surface area contributed by atoms with E-state index in [1.54, 1.807) is 12.1 Å². The zero-order valence-corrected chi connectivity index (χ0v) is 13.7. The lowest BCUT2D eigenvalue weighted by molar-refractivity contribution is 0.0612. The summed E-state index contributed by atoms with van der Waals surface area (Å²) in [4.78, 5) is 17.1. The van der Waals surface area contributed by atoms with E-state index >= 15 is 0 Å². The number of carbonyl (C=O) groups is 1. The average molecular weight is 326 g/mol. The maximum absolute atomic E-state index is 12.5. The Morgan fingerprint density at radius 2 is 1.95 bits per heavy atom. The van der Waals surface area contributed by atoms with Gasteiger partial charge in [0, 0.05) is 26.2 Å². The molecule has 1 unspecified atom stereocenters. The highest BCUT2D eigenvalue weighted by Gasteiger charge is 2.27. The van der Waals surface area contributed by atoms with E-state index in [0.717, 1.165) is 19.5 Å². The monoisotopic (exact) mass is 325 g/mol. The SMILES string of the molecule is CCC(C(N)=S)N1CCN(C(=O)c2ccccc2Cl)CC1. The first-order valence-corrected chi connectivity index (χ1v) is 7.90. The number of thiocarbonyl (C=S) groups is 1. The van der Waals surface area contributed by atoms with E-state index in [2.05, 4.69) is 11.8 Å². The number of carbonyl (C=O) groups excluding carboxylic acids is 1. The Kier molecular flexibility index (Phi) is 5.56. The lowest BCUT2D eigenvalue weighted by Gasteiger charge is -2.38. The molecule has 1 heterocycles. The van der Waals surface area contributed by atoms with Crippen LogP contribution in [-0.4, -0.2) is 52.9 Å². The molecule has 21 heavy (non-hydrogen) atoms. The lowest BCUT2D eigenvalue weighted by atomic mass is 10.1. The third kappa shape index (κ3) is 3.73. The van der Waals surface area contributed by atoms with E-state index in [0.29, 0.717) is 28.7 Å². The Bertz CT molecular complexity index is 529. The van der Waals surface area contributed by atoms with Gasteiger partial charge in [-0.05, 0) is 18.6 Å². The maximum Gasteiger partial charge on any atom is 0.255 e. The van der Waals surface area contributed by atoms with Crippen molar-refractivity contribution in [2.24, 2.45) is 5.73 Å². The van der Waals surface area contributed by atoms with Gasteiger partial charge in [0.25, 0.3) is 5.91 Å². The minimum absolute atomic E-state index is 0.0105. The molecule has 2 N–H and O–H groups in total. The second-order valence-corrected chi connectivity index (χ2v) is 6.01. The molecule has 6 heteroatoms. The summed E-state index contributed by atoms with van der Waals surface area (Å²) in [6.07, 6.45) is 0.897. The molecule has 114 valence electrons. The van der Waals surface area contributed by atoms with Crippen LogP contribution in [0.5, 0.6) is 0 Å². The van der Waals surface area contributed by atoms with Gasteiger partial charge in [-0.3, -0.25) is 9.69 Å². The van der Waals surface area contributed by atoms with Gasteiger partial charge in [-0.25, -0.2) is 0 Å². The molecule has 0 bridgehead atoms. The summed E-state index contributed by atoms with van der Waals surface area (Å²) < 4.78 is 0. The van der Waals surface area contributed by atoms with E-state index < -0.39 is 0 Å². The zero-order valence-electron chi connectivity index (χ0n) is 12.1. The van der Waals surface area contributed by atoms with Crippen molar-refractivity contribution in [1.82, 2.24) is 9.80 Å². The Morgan fingerprint density at radius 1 is 1.33 bits per heavy atom. The number of benzene rings is 1. The summed E-state index contributed by atoms with van der Waals surface area (Å²) in [5.41, 5.74) is 6.34. The standard InChI is InChI=1S/C15H20ClN3OS/c1-2-13(14(17)21)18-7-9-19(10-8-18)15(20)11-5-3-4-6-12(11)16/h3-6,13H,2,7-10H2,1H3,(H2,17,21). The summed E-state index contributed by atoms with van der Waals surface area (Å²) in [6.45, 7) is 4.98. The van der Waals surface area contributed by atoms with E-state index in [4.69, 9.17) is 29.6 Å². The molecule has 0 spiro atoms. The van der Waals surface area contributed by atoms with E-state index in [9.17, 15) is 4.79 Å². The normalized spacial score (nSPS) is 17.5. The highest BCUT2D eigenvalue weighted by Crippen LogP contribution is 2.18. The predicted molar refractivity (Wildman–Crippen MR) is 89.8 cm³/mol. The molecule has 1 aromatic rings. The number of nitrogens with two attached hydrogens (primary N) is 1. The van der Waals surface area contributed by atoms with Crippen LogP contribution in [0.25, 0.3) is 0 Å². The van der Waals surface area contributed by atoms with E-state index in [1.807, 2.05) is 17.0 Å². The lowest BCUT2D eigenvalue weighted by Crippen LogP contribution is -2.54. The molecule has 1 fully saturated rings. The summed E-state index contributed by atoms with van der Waals surface area (Å²) in [7, 11) is 0. The molecule has 0 aliphatic carbocycles. The minimum atomic E-state index is -0.0105. The van der Waals surface area contributed by atoms with Crippen molar-refractivity contribution in [3.63, 3.8) is 0 Å². The van der Waals surface area contributed by atoms with Crippen molar-refractivity contribution in [3.8, 4) is 0 Å². The van der Waals surface area contributed by atoms with Crippen molar-refractivity contribution in [1.29, 1.82) is 0 Å². The molecular weight excluding hydrogens is 306 g/mol. The number of hydrogen-bond acceptors (Lipinski definition) is 3. The molecule has 1 aromatic carbocycles. The molecule has 1 atom stereocenters. The maximum atomic E-state index is 12.5. The van der Waals surface area contributed by atoms with Gasteiger partial charge >= 0.3 is 0 Å². The molecule has 2 rings (SSSR count). The molecule has 1 saturated heterocycles. The first-order valence-electron chi connectivity index (χ1n) is 7.11. The Hall–Kier alpha value is -1.17. The third-order valence-electron chi connectivity index (χ3n) is 3.86. The van der Waals surface area contributed by atoms with Gasteiger partial charge in [-0.1, -0.05) is 42.9 Å². The van der Waals surface area contributed by atoms with Crippen LogP contribution in [0.4, 0.5) is 0 Å². The molecule has 1 amide bonds. The van der Waals surface area contributed by atoms with Crippen LogP contribution in [-0.2, 0) is 0 Å². The second kappa shape index (κ2) is 7.20. The molecule has 0 radical (unpaired) electrons. The zero-order chi connectivity index (χ0) is 15.4. The summed E-state index contributed by atoms with van der Waals surface area (Å²) in [5, 5.41) is 0.500. The van der Waals surface area contributed by atoms with Crippen molar-refractivity contribution in [2.75, 3.05) is 26.2 Å². The Labute approximate surface area is 135 Å². The largest absolute Gasteiger partial charge is 0.392 e. The van der Waals surface area contributed by atoms with Crippen LogP contribution in [0.15, 0.2) is 24.3 Å². The summed E-state index contributed by atoms with van der Waals surface area (Å²) in [6, 6.07) is 7.28. The highest BCUT2D eigenvalue weighted by molar-refractivity contribution is 7.80. The summed E-state index contributed by atoms with van der Waals surface area (Å²) in [5.74, 6) is -0.0105. The molecule has 0 aromatic heterocycles. The molecular formula is C15H20ClN3OS. The van der Waals surface area contributed by atoms with Gasteiger partial charge in [-0.2, -0.15) is 0 Å². The number of halogens is 1. The predicted octanol–water partition coefficient (Wildman–Crippen LogP) is 2.16. The van der Waals surface area contributed by atoms with Crippen LogP contribution < -0.4 is 5.73 Å². The third-order valence-corrected chi connectivity index (χ3v) is 4.46. The van der Waals surface area contributed by atoms with Gasteiger partial charge in [0.1, 0.15) is 0 Å². The molecule has 1 aliphatic rings. The number of nitrogens with zero attached hydrogens (tertiary/aromatic N) is 2. The smallest absolute Gasteiger partial charge is 0.255 e. The van der Waals surface area contributed by atoms with Crippen LogP contribution >= 0.6 is 23.8 Å². The van der Waals surface area contributed by atoms with Crippen molar-refractivity contribution in [3.05, 3.63) is 34.9 Å². The first kappa shape index (κ1) is 16.2. The average Bonchev–Trinajstić information content (AvgIpc) is 2.48. The second-order valence-electron chi connectivity index (χ2n) is 5.13. The number of amides is 1. The fourth-order valence-corrected chi connectivity index (χ4v) is 3.21. The first-order chi connectivity index (χ1) is 10.0. The highest BCUT2D eigenvalue weighted by atomic mass is 35.5. The number of rotatable bonds is 4. The van der Waals surface area contributed by atoms with Crippen LogP contribution in [0, 0.1) is 0 Å². The number of piperazine rings is 1. The van der Waals surface area contributed by atoms with Gasteiger partial charge in [0.15, 0.2) is 0 Å². The van der Waals surface area contributed by atoms with Crippen molar-refractivity contribution >= 4 is 34.7 Å². The van der Waals surface area contributed by atoms with Crippen LogP contribution in [0.1, 0.15) is 23.7 Å². The number of hydrogen-bond donors (Lipinski definition) is 1. The van der Waals surface area contributed by atoms with Gasteiger partial charge < -0.3 is 10.6 Å².